The van der Waals surface area contributed by atoms with E-state index in [1.165, 1.54) is 18.7 Å². The van der Waals surface area contributed by atoms with Crippen LogP contribution in [0.25, 0.3) is 0 Å². The maximum absolute atomic E-state index is 12.6. The highest BCUT2D eigenvalue weighted by Gasteiger charge is 2.30. The molecule has 0 radical (unpaired) electrons. The molecule has 0 fully saturated rings. The first-order chi connectivity index (χ1) is 9.77. The molecule has 1 rings (SSSR count). The van der Waals surface area contributed by atoms with Crippen molar-refractivity contribution in [1.29, 1.82) is 0 Å². The Kier molecular flexibility index (Phi) is 8.36. The minimum absolute atomic E-state index is 0.412. The molecule has 0 aliphatic carbocycles. The molecule has 0 N–H and O–H groups in total. The molecule has 0 aliphatic rings. The summed E-state index contributed by atoms with van der Waals surface area (Å²) in [5, 5.41) is 0. The summed E-state index contributed by atoms with van der Waals surface area (Å²) >= 11 is 0. The van der Waals surface area contributed by atoms with E-state index < -0.39 is 11.7 Å². The van der Waals surface area contributed by atoms with E-state index in [-0.39, 0.29) is 0 Å². The minimum atomic E-state index is -4.35. The highest BCUT2D eigenvalue weighted by Crippen LogP contribution is 2.30. The number of hydrogen-bond acceptors (Lipinski definition) is 1. The molecule has 0 aromatic heterocycles. The van der Waals surface area contributed by atoms with Crippen molar-refractivity contribution in [2.24, 2.45) is 4.99 Å². The van der Waals surface area contributed by atoms with Gasteiger partial charge in [-0.2, -0.15) is 13.2 Å². The zero-order valence-corrected chi connectivity index (χ0v) is 13.0. The van der Waals surface area contributed by atoms with Crippen molar-refractivity contribution in [2.75, 3.05) is 0 Å². The molecule has 0 aliphatic heterocycles. The lowest BCUT2D eigenvalue weighted by molar-refractivity contribution is -0.137. The van der Waals surface area contributed by atoms with Gasteiger partial charge < -0.3 is 0 Å². The maximum Gasteiger partial charge on any atom is 0.416 e. The van der Waals surface area contributed by atoms with Crippen molar-refractivity contribution < 1.29 is 13.2 Å². The summed E-state index contributed by atoms with van der Waals surface area (Å²) in [7, 11) is 0. The van der Waals surface area contributed by atoms with Gasteiger partial charge in [-0.3, -0.25) is 4.99 Å². The number of alkyl halides is 3. The predicted molar refractivity (Wildman–Crippen MR) is 83.6 cm³/mol. The number of hydrogen-bond donors (Lipinski definition) is 0. The smallest absolute Gasteiger partial charge is 0.256 e. The minimum Gasteiger partial charge on any atom is -0.256 e. The molecule has 116 valence electrons. The Labute approximate surface area is 124 Å². The molecular formula is C17H22F3N. The van der Waals surface area contributed by atoms with E-state index in [1.807, 2.05) is 0 Å². The summed E-state index contributed by atoms with van der Waals surface area (Å²) in [5.74, 6) is 0. The van der Waals surface area contributed by atoms with Crippen LogP contribution in [-0.2, 0) is 6.18 Å². The summed E-state index contributed by atoms with van der Waals surface area (Å²) < 4.78 is 37.8. The van der Waals surface area contributed by atoms with Crippen LogP contribution in [0.5, 0.6) is 0 Å². The molecule has 1 aromatic rings. The van der Waals surface area contributed by atoms with Crippen LogP contribution >= 0.6 is 0 Å². The van der Waals surface area contributed by atoms with Gasteiger partial charge in [0.05, 0.1) is 11.3 Å². The van der Waals surface area contributed by atoms with Crippen LogP contribution in [0.1, 0.15) is 45.2 Å². The van der Waals surface area contributed by atoms with E-state index >= 15 is 0 Å². The predicted octanol–water partition coefficient (Wildman–Crippen LogP) is 6.02. The Morgan fingerprint density at radius 2 is 1.86 bits per heavy atom. The molecular weight excluding hydrogens is 275 g/mol. The molecule has 4 heteroatoms. The average molecular weight is 297 g/mol. The summed E-state index contributed by atoms with van der Waals surface area (Å²) in [6.45, 7) is 11.5. The zero-order valence-electron chi connectivity index (χ0n) is 13.0. The first-order valence-electron chi connectivity index (χ1n) is 6.80. The van der Waals surface area contributed by atoms with Crippen LogP contribution in [0.4, 0.5) is 13.2 Å². The van der Waals surface area contributed by atoms with Gasteiger partial charge in [0, 0.05) is 11.8 Å². The average Bonchev–Trinajstić information content (AvgIpc) is 2.39. The highest BCUT2D eigenvalue weighted by molar-refractivity contribution is 6.12. The third-order valence-electron chi connectivity index (χ3n) is 2.22. The van der Waals surface area contributed by atoms with E-state index in [0.717, 1.165) is 12.1 Å². The maximum atomic E-state index is 12.6. The Morgan fingerprint density at radius 3 is 2.29 bits per heavy atom. The van der Waals surface area contributed by atoms with E-state index in [9.17, 15) is 13.2 Å². The molecule has 0 unspecified atom stereocenters. The first kappa shape index (κ1) is 19.2. The van der Waals surface area contributed by atoms with Crippen LogP contribution in [0.2, 0.25) is 0 Å². The van der Waals surface area contributed by atoms with Crippen LogP contribution < -0.4 is 0 Å². The van der Waals surface area contributed by atoms with E-state index in [2.05, 4.69) is 25.4 Å². The quantitative estimate of drug-likeness (QED) is 0.605. The van der Waals surface area contributed by atoms with Crippen molar-refractivity contribution in [3.63, 3.8) is 0 Å². The van der Waals surface area contributed by atoms with Gasteiger partial charge in [0.1, 0.15) is 0 Å². The normalized spacial score (nSPS) is 12.0. The van der Waals surface area contributed by atoms with Gasteiger partial charge in [-0.1, -0.05) is 45.1 Å². The lowest BCUT2D eigenvalue weighted by atomic mass is 10.0. The van der Waals surface area contributed by atoms with E-state index in [1.54, 1.807) is 26.0 Å². The van der Waals surface area contributed by atoms with Gasteiger partial charge in [-0.05, 0) is 31.6 Å². The highest BCUT2D eigenvalue weighted by atomic mass is 19.4. The van der Waals surface area contributed by atoms with Crippen LogP contribution in [0.3, 0.4) is 0 Å². The molecule has 0 amide bonds. The van der Waals surface area contributed by atoms with Crippen LogP contribution in [0.15, 0.2) is 53.7 Å². The Hall–Kier alpha value is -1.84. The molecule has 0 saturated heterocycles. The van der Waals surface area contributed by atoms with Crippen molar-refractivity contribution in [2.45, 2.75) is 40.3 Å². The molecule has 0 saturated carbocycles. The Morgan fingerprint density at radius 1 is 1.29 bits per heavy atom. The fourth-order valence-corrected chi connectivity index (χ4v) is 1.42. The third-order valence-corrected chi connectivity index (χ3v) is 2.22. The monoisotopic (exact) mass is 297 g/mol. The number of nitrogens with zero attached hydrogens (tertiary/aromatic N) is 1. The number of aliphatic imine (C=N–C) groups is 1. The zero-order chi connectivity index (χ0) is 16.5. The second-order valence-electron chi connectivity index (χ2n) is 4.53. The first-order valence-corrected chi connectivity index (χ1v) is 6.80. The van der Waals surface area contributed by atoms with Crippen molar-refractivity contribution in [3.8, 4) is 0 Å². The number of allylic oxidation sites excluding steroid dienone is 2. The summed E-state index contributed by atoms with van der Waals surface area (Å²) in [4.78, 5) is 4.10. The lowest BCUT2D eigenvalue weighted by Gasteiger charge is -2.10. The van der Waals surface area contributed by atoms with Crippen LogP contribution in [-0.4, -0.2) is 5.71 Å². The molecule has 0 spiro atoms. The van der Waals surface area contributed by atoms with E-state index in [0.29, 0.717) is 16.8 Å². The fraction of sp³-hybridized carbons (Fsp3) is 0.353. The topological polar surface area (TPSA) is 12.4 Å². The largest absolute Gasteiger partial charge is 0.416 e. The van der Waals surface area contributed by atoms with Gasteiger partial charge >= 0.3 is 6.18 Å². The number of rotatable bonds is 3. The number of benzene rings is 1. The third kappa shape index (κ3) is 6.93. The SMILES string of the molecule is C=C(C)C(=N/C=C\C)c1cccc(C(F)(F)F)c1.CCC. The second-order valence-corrected chi connectivity index (χ2v) is 4.53. The van der Waals surface area contributed by atoms with E-state index in [4.69, 9.17) is 0 Å². The summed E-state index contributed by atoms with van der Waals surface area (Å²) in [6, 6.07) is 5.07. The van der Waals surface area contributed by atoms with Crippen LogP contribution in [0, 0.1) is 0 Å². The van der Waals surface area contributed by atoms with Crippen molar-refractivity contribution >= 4 is 5.71 Å². The molecule has 1 nitrogen and oxygen atoms in total. The lowest BCUT2D eigenvalue weighted by Crippen LogP contribution is -2.08. The summed E-state index contributed by atoms with van der Waals surface area (Å²) in [6.07, 6.45) is 0.137. The molecule has 0 bridgehead atoms. The van der Waals surface area contributed by atoms with Gasteiger partial charge in [0.15, 0.2) is 0 Å². The second kappa shape index (κ2) is 9.16. The Balaban J connectivity index is 0.00000122. The number of halogens is 3. The fourth-order valence-electron chi connectivity index (χ4n) is 1.42. The summed E-state index contributed by atoms with van der Waals surface area (Å²) in [5.41, 5.74) is 0.802. The van der Waals surface area contributed by atoms with Gasteiger partial charge in [0.25, 0.3) is 0 Å². The van der Waals surface area contributed by atoms with Gasteiger partial charge in [0.2, 0.25) is 0 Å². The van der Waals surface area contributed by atoms with Gasteiger partial charge in [-0.25, -0.2) is 0 Å². The molecule has 21 heavy (non-hydrogen) atoms. The van der Waals surface area contributed by atoms with Crippen molar-refractivity contribution in [3.05, 3.63) is 59.8 Å². The van der Waals surface area contributed by atoms with Crippen molar-refractivity contribution in [1.82, 2.24) is 0 Å². The van der Waals surface area contributed by atoms with Gasteiger partial charge in [-0.15, -0.1) is 0 Å². The molecule has 1 aromatic carbocycles. The standard InChI is InChI=1S/C14H14F3N.C3H8/c1-4-8-18-13(10(2)3)11-6-5-7-12(9-11)14(15,16)17;1-3-2/h4-9H,2H2,1,3H3;3H2,1-2H3/b8-4-,18-13?;. The Bertz CT molecular complexity index is 511. The molecule has 0 atom stereocenters. The molecule has 0 heterocycles.